The number of fused-ring (bicyclic) bond motifs is 1. The summed E-state index contributed by atoms with van der Waals surface area (Å²) < 4.78 is 17.3. The van der Waals surface area contributed by atoms with Gasteiger partial charge in [-0.3, -0.25) is 9.69 Å². The van der Waals surface area contributed by atoms with Crippen molar-refractivity contribution in [2.45, 2.75) is 6.42 Å². The van der Waals surface area contributed by atoms with Crippen LogP contribution in [0.4, 0.5) is 5.13 Å². The van der Waals surface area contributed by atoms with Gasteiger partial charge in [-0.1, -0.05) is 23.5 Å². The minimum Gasteiger partial charge on any atom is -0.493 e. The highest BCUT2D eigenvalue weighted by Gasteiger charge is 2.24. The van der Waals surface area contributed by atoms with Gasteiger partial charge in [0.15, 0.2) is 16.6 Å². The molecule has 0 N–H and O–H groups in total. The molecule has 7 nitrogen and oxygen atoms in total. The van der Waals surface area contributed by atoms with E-state index >= 15 is 0 Å². The van der Waals surface area contributed by atoms with Crippen LogP contribution in [0, 0.1) is 0 Å². The average Bonchev–Trinajstić information content (AvgIpc) is 3.18. The number of carbonyl (C=O) groups excluding carboxylic acids is 1. The molecule has 0 radical (unpaired) electrons. The molecule has 2 aromatic carbocycles. The van der Waals surface area contributed by atoms with E-state index in [0.717, 1.165) is 23.2 Å². The molecule has 0 atom stereocenters. The van der Waals surface area contributed by atoms with Crippen molar-refractivity contribution in [1.29, 1.82) is 0 Å². The van der Waals surface area contributed by atoms with Crippen molar-refractivity contribution in [1.82, 2.24) is 9.88 Å². The normalized spacial score (nSPS) is 11.0. The van der Waals surface area contributed by atoms with Gasteiger partial charge in [0.1, 0.15) is 0 Å². The molecule has 0 aliphatic carbocycles. The Balaban J connectivity index is 2.01. The summed E-state index contributed by atoms with van der Waals surface area (Å²) >= 11 is 1.51. The van der Waals surface area contributed by atoms with Crippen molar-refractivity contribution in [3.8, 4) is 17.2 Å². The fourth-order valence-corrected chi connectivity index (χ4v) is 4.15. The molecule has 3 rings (SSSR count). The predicted molar refractivity (Wildman–Crippen MR) is 121 cm³/mol. The molecule has 8 heteroatoms. The number of nitrogens with zero attached hydrogens (tertiary/aromatic N) is 3. The number of amides is 1. The zero-order valence-corrected chi connectivity index (χ0v) is 18.8. The van der Waals surface area contributed by atoms with Crippen LogP contribution in [0.5, 0.6) is 17.2 Å². The van der Waals surface area contributed by atoms with Crippen LogP contribution in [0.25, 0.3) is 10.2 Å². The molecular formula is C22H27N3O4S. The van der Waals surface area contributed by atoms with Crippen LogP contribution in [-0.2, 0) is 0 Å². The summed E-state index contributed by atoms with van der Waals surface area (Å²) in [6.07, 6.45) is 0.819. The number of methoxy groups -OCH3 is 3. The topological polar surface area (TPSA) is 64.1 Å². The van der Waals surface area contributed by atoms with E-state index in [1.165, 1.54) is 32.7 Å². The average molecular weight is 430 g/mol. The molecule has 0 unspecified atom stereocenters. The molecule has 0 saturated heterocycles. The molecule has 0 bridgehead atoms. The summed E-state index contributed by atoms with van der Waals surface area (Å²) in [5.74, 6) is 1.18. The molecule has 1 aromatic heterocycles. The lowest BCUT2D eigenvalue weighted by Gasteiger charge is -2.22. The standard InChI is InChI=1S/C22H27N3O4S/c1-24(2)11-8-12-25(22-23-16-9-6-7-10-19(16)30-22)21(26)15-13-17(27-3)20(29-5)18(14-15)28-4/h6-7,9-10,13-14H,8,11-12H2,1-5H3. The molecule has 0 aliphatic rings. The Kier molecular flexibility index (Phi) is 7.12. The van der Waals surface area contributed by atoms with Gasteiger partial charge < -0.3 is 19.1 Å². The van der Waals surface area contributed by atoms with Gasteiger partial charge in [-0.2, -0.15) is 0 Å². The molecule has 1 amide bonds. The second kappa shape index (κ2) is 9.77. The first-order valence-electron chi connectivity index (χ1n) is 9.60. The number of aromatic nitrogens is 1. The Morgan fingerprint density at radius 3 is 2.23 bits per heavy atom. The van der Waals surface area contributed by atoms with E-state index in [-0.39, 0.29) is 5.91 Å². The van der Waals surface area contributed by atoms with Crippen LogP contribution in [0.1, 0.15) is 16.8 Å². The third-order valence-electron chi connectivity index (χ3n) is 4.66. The van der Waals surface area contributed by atoms with Gasteiger partial charge >= 0.3 is 0 Å². The van der Waals surface area contributed by atoms with E-state index in [0.29, 0.717) is 34.5 Å². The number of benzene rings is 2. The first-order chi connectivity index (χ1) is 14.5. The number of rotatable bonds is 9. The molecule has 0 spiro atoms. The maximum absolute atomic E-state index is 13.6. The number of anilines is 1. The van der Waals surface area contributed by atoms with Crippen molar-refractivity contribution in [3.05, 3.63) is 42.0 Å². The molecule has 1 heterocycles. The van der Waals surface area contributed by atoms with E-state index in [9.17, 15) is 4.79 Å². The summed E-state index contributed by atoms with van der Waals surface area (Å²) in [7, 11) is 8.64. The monoisotopic (exact) mass is 429 g/mol. The molecular weight excluding hydrogens is 402 g/mol. The predicted octanol–water partition coefficient (Wildman–Crippen LogP) is 3.92. The van der Waals surface area contributed by atoms with Gasteiger partial charge in [0.2, 0.25) is 5.75 Å². The van der Waals surface area contributed by atoms with Crippen LogP contribution in [0.3, 0.4) is 0 Å². The first kappa shape index (κ1) is 21.9. The molecule has 0 aliphatic heterocycles. The van der Waals surface area contributed by atoms with Crippen LogP contribution in [-0.4, -0.2) is 64.3 Å². The highest BCUT2D eigenvalue weighted by molar-refractivity contribution is 7.22. The number of hydrogen-bond acceptors (Lipinski definition) is 7. The lowest BCUT2D eigenvalue weighted by atomic mass is 10.1. The lowest BCUT2D eigenvalue weighted by molar-refractivity contribution is 0.0985. The van der Waals surface area contributed by atoms with Crippen LogP contribution in [0.15, 0.2) is 36.4 Å². The van der Waals surface area contributed by atoms with E-state index in [1.54, 1.807) is 17.0 Å². The molecule has 160 valence electrons. The fraction of sp³-hybridized carbons (Fsp3) is 0.364. The summed E-state index contributed by atoms with van der Waals surface area (Å²) in [5.41, 5.74) is 1.33. The minimum absolute atomic E-state index is 0.160. The van der Waals surface area contributed by atoms with Crippen LogP contribution >= 0.6 is 11.3 Å². The molecule has 30 heavy (non-hydrogen) atoms. The third kappa shape index (κ3) is 4.66. The molecule has 3 aromatic rings. The van der Waals surface area contributed by atoms with Gasteiger partial charge in [-0.25, -0.2) is 4.98 Å². The summed E-state index contributed by atoms with van der Waals surface area (Å²) in [6, 6.07) is 11.2. The largest absolute Gasteiger partial charge is 0.493 e. The highest BCUT2D eigenvalue weighted by atomic mass is 32.1. The maximum Gasteiger partial charge on any atom is 0.260 e. The van der Waals surface area contributed by atoms with Crippen molar-refractivity contribution in [2.75, 3.05) is 53.4 Å². The van der Waals surface area contributed by atoms with Gasteiger partial charge in [-0.15, -0.1) is 0 Å². The maximum atomic E-state index is 13.6. The highest BCUT2D eigenvalue weighted by Crippen LogP contribution is 2.39. The fourth-order valence-electron chi connectivity index (χ4n) is 3.17. The number of ether oxygens (including phenoxy) is 3. The Hall–Kier alpha value is -2.84. The summed E-state index contributed by atoms with van der Waals surface area (Å²) in [4.78, 5) is 22.1. The zero-order chi connectivity index (χ0) is 21.7. The van der Waals surface area contributed by atoms with Gasteiger partial charge in [0.05, 0.1) is 31.5 Å². The minimum atomic E-state index is -0.160. The van der Waals surface area contributed by atoms with E-state index in [1.807, 2.05) is 38.4 Å². The third-order valence-corrected chi connectivity index (χ3v) is 5.72. The Labute approximate surface area is 180 Å². The van der Waals surface area contributed by atoms with Crippen molar-refractivity contribution in [2.24, 2.45) is 0 Å². The van der Waals surface area contributed by atoms with Gasteiger partial charge in [-0.05, 0) is 51.3 Å². The molecule has 0 fully saturated rings. The Bertz CT molecular complexity index is 961. The zero-order valence-electron chi connectivity index (χ0n) is 18.0. The van der Waals surface area contributed by atoms with Crippen LogP contribution in [0.2, 0.25) is 0 Å². The second-order valence-electron chi connectivity index (χ2n) is 6.99. The first-order valence-corrected chi connectivity index (χ1v) is 10.4. The van der Waals surface area contributed by atoms with Gasteiger partial charge in [0.25, 0.3) is 5.91 Å². The van der Waals surface area contributed by atoms with Crippen LogP contribution < -0.4 is 19.1 Å². The van der Waals surface area contributed by atoms with Crippen molar-refractivity contribution >= 4 is 32.6 Å². The van der Waals surface area contributed by atoms with E-state index in [2.05, 4.69) is 4.90 Å². The smallest absolute Gasteiger partial charge is 0.260 e. The van der Waals surface area contributed by atoms with Gasteiger partial charge in [0, 0.05) is 12.1 Å². The Morgan fingerprint density at radius 2 is 1.67 bits per heavy atom. The number of carbonyl (C=O) groups is 1. The second-order valence-corrected chi connectivity index (χ2v) is 8.00. The summed E-state index contributed by atoms with van der Waals surface area (Å²) in [6.45, 7) is 1.41. The van der Waals surface area contributed by atoms with Crippen molar-refractivity contribution in [3.63, 3.8) is 0 Å². The van der Waals surface area contributed by atoms with E-state index in [4.69, 9.17) is 19.2 Å². The Morgan fingerprint density at radius 1 is 1.00 bits per heavy atom. The van der Waals surface area contributed by atoms with E-state index < -0.39 is 0 Å². The molecule has 0 saturated carbocycles. The summed E-state index contributed by atoms with van der Waals surface area (Å²) in [5, 5.41) is 0.675. The number of hydrogen-bond donors (Lipinski definition) is 0. The quantitative estimate of drug-likeness (QED) is 0.514. The number of thiazole rings is 1. The van der Waals surface area contributed by atoms with Crippen molar-refractivity contribution < 1.29 is 19.0 Å². The number of para-hydroxylation sites is 1. The SMILES string of the molecule is COc1cc(C(=O)N(CCCN(C)C)c2nc3ccccc3s2)cc(OC)c1OC. The lowest BCUT2D eigenvalue weighted by Crippen LogP contribution is -2.33.